The lowest BCUT2D eigenvalue weighted by atomic mass is 10.2. The molecule has 16 heteroatoms. The van der Waals surface area contributed by atoms with Crippen molar-refractivity contribution in [2.45, 2.75) is 242 Å². The van der Waals surface area contributed by atoms with E-state index >= 15 is 0 Å². The van der Waals surface area contributed by atoms with E-state index in [1.165, 1.54) is 76.9 Å². The van der Waals surface area contributed by atoms with Gasteiger partial charge in [-0.05, 0) is 61.6 Å². The summed E-state index contributed by atoms with van der Waals surface area (Å²) in [5, 5.41) is 22.9. The van der Waals surface area contributed by atoms with Crippen molar-refractivity contribution in [2.75, 3.05) is 26.1 Å². The molecule has 0 bridgehead atoms. The normalized spacial score (nSPS) is 10.0. The summed E-state index contributed by atoms with van der Waals surface area (Å²) in [6.45, 7) is 47.3. The molecule has 1 heterocycles. The number of nitrogens with one attached hydrogen (secondary N) is 1. The third-order valence-electron chi connectivity index (χ3n) is 5.99. The van der Waals surface area contributed by atoms with Crippen molar-refractivity contribution in [3.63, 3.8) is 0 Å². The van der Waals surface area contributed by atoms with Gasteiger partial charge in [0.2, 0.25) is 6.43 Å². The van der Waals surface area contributed by atoms with E-state index in [1.54, 1.807) is 19.3 Å². The molecule has 448 valence electrons. The van der Waals surface area contributed by atoms with E-state index in [4.69, 9.17) is 15.1 Å². The van der Waals surface area contributed by atoms with Gasteiger partial charge in [-0.25, -0.2) is 8.78 Å². The fourth-order valence-electron chi connectivity index (χ4n) is 2.27. The molecule has 0 unspecified atom stereocenters. The van der Waals surface area contributed by atoms with Crippen LogP contribution < -0.4 is 5.32 Å². The number of hydrogen-bond acceptors (Lipinski definition) is 8. The zero-order valence-electron chi connectivity index (χ0n) is 50.3. The third kappa shape index (κ3) is 351. The molecule has 0 radical (unpaired) electrons. The Balaban J connectivity index is -0.0000000428. The summed E-state index contributed by atoms with van der Waals surface area (Å²) in [7, 11) is 3.32. The summed E-state index contributed by atoms with van der Waals surface area (Å²) >= 11 is 0. The van der Waals surface area contributed by atoms with Gasteiger partial charge in [-0.3, -0.25) is 4.98 Å². The van der Waals surface area contributed by atoms with E-state index in [0.29, 0.717) is 0 Å². The van der Waals surface area contributed by atoms with Crippen molar-refractivity contribution < 1.29 is 55.1 Å². The van der Waals surface area contributed by atoms with Crippen molar-refractivity contribution in [1.82, 2.24) is 4.98 Å². The number of nitrogens with zero attached hydrogens (tertiary/aromatic N) is 3. The lowest BCUT2D eigenvalue weighted by Crippen LogP contribution is -1.95. The molecule has 2 saturated carbocycles. The van der Waals surface area contributed by atoms with Gasteiger partial charge in [0.05, 0.1) is 5.69 Å². The maximum absolute atomic E-state index is 10.4. The lowest BCUT2D eigenvalue weighted by Gasteiger charge is -1.93. The number of unbranched alkanes of at least 4 members (excludes halogenated alkanes) is 2. The Labute approximate surface area is 447 Å². The quantitative estimate of drug-likeness (QED) is 0.110. The van der Waals surface area contributed by atoms with Gasteiger partial charge in [0, 0.05) is 53.3 Å². The Bertz CT molecular complexity index is 1000. The molecule has 8 nitrogen and oxygen atoms in total. The minimum absolute atomic E-state index is 0. The van der Waals surface area contributed by atoms with E-state index in [9.17, 15) is 35.1 Å². The first-order chi connectivity index (χ1) is 33.5. The van der Waals surface area contributed by atoms with Crippen LogP contribution in [0.25, 0.3) is 0 Å². The Morgan fingerprint density at radius 1 is 0.753 bits per heavy atom. The molecule has 4 rings (SSSR count). The number of halogens is 8. The van der Waals surface area contributed by atoms with E-state index in [2.05, 4.69) is 153 Å². The second-order valence-electron chi connectivity index (χ2n) is 15.3. The van der Waals surface area contributed by atoms with Crippen LogP contribution in [-0.4, -0.2) is 75.1 Å². The minimum atomic E-state index is -4.00. The first-order valence-electron chi connectivity index (χ1n) is 25.5. The van der Waals surface area contributed by atoms with E-state index in [-0.39, 0.29) is 27.9 Å². The fraction of sp³-hybridized carbons (Fsp3) is 0.754. The molecule has 0 spiro atoms. The monoisotopic (exact) mass is 1080 g/mol. The van der Waals surface area contributed by atoms with E-state index < -0.39 is 18.8 Å². The molecule has 2 aromatic rings. The summed E-state index contributed by atoms with van der Waals surface area (Å²) in [5.74, 6) is 3.94. The molecule has 1 aromatic carbocycles. The van der Waals surface area contributed by atoms with Crippen LogP contribution in [-0.2, 0) is 16.1 Å². The molecule has 0 amide bonds. The van der Waals surface area contributed by atoms with Gasteiger partial charge in [0.25, 0.3) is 0 Å². The molecule has 0 aliphatic heterocycles. The van der Waals surface area contributed by atoms with Crippen LogP contribution in [0.4, 0.5) is 40.8 Å². The Kier molecular flexibility index (Phi) is 146. The number of aliphatic hydroxyl groups excluding tert-OH is 1. The van der Waals surface area contributed by atoms with Crippen molar-refractivity contribution in [3.05, 3.63) is 60.4 Å². The summed E-state index contributed by atoms with van der Waals surface area (Å²) in [5.41, 5.74) is 2.46. The number of aromatic nitrogens is 1. The average molecular weight is 1080 g/mol. The second kappa shape index (κ2) is 101. The number of aryl methyl sites for hydroxylation is 1. The minimum Gasteiger partial charge on any atom is -0.411 e. The maximum atomic E-state index is 10.4. The first kappa shape index (κ1) is 106. The Morgan fingerprint density at radius 3 is 1.11 bits per heavy atom. The van der Waals surface area contributed by atoms with Crippen LogP contribution in [0.3, 0.4) is 0 Å². The zero-order chi connectivity index (χ0) is 60.4. The molecule has 3 N–H and O–H groups in total. The van der Waals surface area contributed by atoms with Gasteiger partial charge in [-0.2, -0.15) is 26.3 Å². The third-order valence-corrected chi connectivity index (χ3v) is 5.99. The van der Waals surface area contributed by atoms with E-state index in [0.717, 1.165) is 42.7 Å². The summed E-state index contributed by atoms with van der Waals surface area (Å²) in [6, 6.07) is 14.3. The number of hydrogen-bond donors (Lipinski definition) is 3. The highest BCUT2D eigenvalue weighted by Crippen LogP contribution is 2.31. The maximum Gasteiger partial charge on any atom is 0.386 e. The first-order valence-corrected chi connectivity index (χ1v) is 25.5. The number of carbonyl (C=O) groups excluding carboxylic acids is 1. The molecule has 2 fully saturated rings. The number of aliphatic hydroxyl groups is 1. The summed E-state index contributed by atoms with van der Waals surface area (Å²) in [4.78, 5) is 15.9. The fourth-order valence-corrected chi connectivity index (χ4v) is 2.27. The van der Waals surface area contributed by atoms with Gasteiger partial charge < -0.3 is 25.3 Å². The van der Waals surface area contributed by atoms with Crippen LogP contribution in [0.2, 0.25) is 0 Å². The Hall–Kier alpha value is -3.82. The lowest BCUT2D eigenvalue weighted by molar-refractivity contribution is -0.111. The summed E-state index contributed by atoms with van der Waals surface area (Å²) in [6.07, 6.45) is 8.54. The smallest absolute Gasteiger partial charge is 0.386 e. The van der Waals surface area contributed by atoms with Crippen LogP contribution in [0.5, 0.6) is 0 Å². The van der Waals surface area contributed by atoms with Crippen molar-refractivity contribution in [3.8, 4) is 0 Å². The number of benzene rings is 1. The second-order valence-corrected chi connectivity index (χ2v) is 15.3. The van der Waals surface area contributed by atoms with Crippen molar-refractivity contribution in [2.24, 2.45) is 34.0 Å². The van der Waals surface area contributed by atoms with Crippen molar-refractivity contribution in [1.29, 1.82) is 0 Å². The molecular weight excluding hydrogens is 957 g/mol. The Morgan fingerprint density at radius 2 is 1.03 bits per heavy atom. The number of anilines is 1. The molecule has 0 atom stereocenters. The van der Waals surface area contributed by atoms with Crippen LogP contribution in [0.1, 0.15) is 223 Å². The van der Waals surface area contributed by atoms with Gasteiger partial charge in [0.15, 0.2) is 0 Å². The molecule has 73 heavy (non-hydrogen) atoms. The van der Waals surface area contributed by atoms with Gasteiger partial charge >= 0.3 is 12.4 Å². The highest BCUT2D eigenvalue weighted by atomic mass is 19.4. The molecule has 1 aromatic heterocycles. The molecule has 2 aliphatic carbocycles. The zero-order valence-corrected chi connectivity index (χ0v) is 50.3. The number of oxime groups is 2. The topological polar surface area (TPSA) is 116 Å². The van der Waals surface area contributed by atoms with E-state index in [1.807, 2.05) is 59.7 Å². The molecule has 0 saturated heterocycles. The number of pyridine rings is 1. The largest absolute Gasteiger partial charge is 0.411 e. The molecule has 2 aliphatic rings. The summed E-state index contributed by atoms with van der Waals surface area (Å²) < 4.78 is 82.8. The van der Waals surface area contributed by atoms with Gasteiger partial charge in [-0.1, -0.05) is 220 Å². The number of rotatable bonds is 7. The highest BCUT2D eigenvalue weighted by molar-refractivity contribution is 5.38. The SMILES string of the molecule is C.C=NO.C=NOC.C=O.CC.CC.CC(C)C.CC(F)(F)F.CC(F)(F)F.CC(F)F.CC1CC1.CCC.CCC(C)C.CCC1CC1.CCCCC.CCO.CCc1ccccc1.CNc1cccnc1. The predicted octanol–water partition coefficient (Wildman–Crippen LogP) is 21.2. The number of alkyl halides is 8. The standard InChI is InChI=1S/C8H10.C6H8N2.C5H10.2C5H12.C4H8.C4H10.C3H8.2C2H3F3.C2H4F2.C2H5NO.C2H6O.2C2H6.CH3NO.CH2O.CH4/c1-2-8-6-4-3-5-7-8;1-7-6-3-2-4-8-5-6;1-2-5-3-4-5;1-4-5(2)3;1-3-5-4-2;1-4-2-3-4;1-4(2)3;1-3-2;2*1-2(3,4)5;1-2(3)4;1-3-4-2;1-2-3;2*1-2;1-2-3;1-2;/h3-7H,2H2,1H3;2-5,7H,1H3;5H,2-4H2,1H3;5H,4H2,1-3H3;3-5H2,1-2H3;4H,2-3H2,1H3;4H,1-3H3;3H2,1-2H3;2*1H3;2H,1H3;1H2,2H3;3H,2H2,1H3;2*1-2H3;3H,1H2;1H2;1H4. The molecular formula is C57H120F8N4O4. The van der Waals surface area contributed by atoms with Gasteiger partial charge in [0.1, 0.15) is 13.9 Å². The van der Waals surface area contributed by atoms with Crippen LogP contribution in [0, 0.1) is 23.7 Å². The number of carbonyl (C=O) groups is 1. The van der Waals surface area contributed by atoms with Crippen molar-refractivity contribution >= 4 is 25.9 Å². The van der Waals surface area contributed by atoms with Crippen LogP contribution >= 0.6 is 0 Å². The average Bonchev–Trinajstić information content (AvgIpc) is 4.28. The van der Waals surface area contributed by atoms with Gasteiger partial charge in [-0.15, -0.1) is 10.3 Å². The predicted molar refractivity (Wildman–Crippen MR) is 310 cm³/mol. The van der Waals surface area contributed by atoms with Crippen LogP contribution in [0.15, 0.2) is 65.2 Å². The highest BCUT2D eigenvalue weighted by Gasteiger charge is 2.17.